The molecule has 1 fully saturated rings. The summed E-state index contributed by atoms with van der Waals surface area (Å²) in [5.74, 6) is -0.648. The van der Waals surface area contributed by atoms with Crippen molar-refractivity contribution in [2.24, 2.45) is 0 Å². The summed E-state index contributed by atoms with van der Waals surface area (Å²) in [7, 11) is 1.39. The minimum atomic E-state index is -1.48. The Hall–Kier alpha value is -3.69. The van der Waals surface area contributed by atoms with Crippen LogP contribution in [-0.4, -0.2) is 59.1 Å². The molecule has 0 bridgehead atoms. The van der Waals surface area contributed by atoms with E-state index in [1.54, 1.807) is 24.5 Å². The number of carboxylic acids is 1. The maximum Gasteiger partial charge on any atom is 0.341 e. The number of halogens is 1. The summed E-state index contributed by atoms with van der Waals surface area (Å²) < 4.78 is 20.1. The van der Waals surface area contributed by atoms with Gasteiger partial charge >= 0.3 is 5.97 Å². The first kappa shape index (κ1) is 18.7. The highest BCUT2D eigenvalue weighted by atomic mass is 19.2. The van der Waals surface area contributed by atoms with Crippen molar-refractivity contribution in [3.05, 3.63) is 52.6 Å². The van der Waals surface area contributed by atoms with Crippen molar-refractivity contribution in [3.63, 3.8) is 0 Å². The zero-order valence-electron chi connectivity index (χ0n) is 15.6. The van der Waals surface area contributed by atoms with Crippen LogP contribution in [0.1, 0.15) is 10.4 Å². The third-order valence-corrected chi connectivity index (χ3v) is 4.95. The quantitative estimate of drug-likeness (QED) is 0.705. The molecule has 2 aromatic heterocycles. The number of carbonyl (C=O) groups is 1. The van der Waals surface area contributed by atoms with Crippen LogP contribution in [0, 0.1) is 0 Å². The molecule has 0 radical (unpaired) electrons. The molecule has 0 amide bonds. The lowest BCUT2D eigenvalue weighted by Crippen LogP contribution is -2.47. The molecule has 3 heterocycles. The summed E-state index contributed by atoms with van der Waals surface area (Å²) >= 11 is 0. The van der Waals surface area contributed by atoms with E-state index < -0.39 is 17.0 Å². The Kier molecular flexibility index (Phi) is 4.75. The summed E-state index contributed by atoms with van der Waals surface area (Å²) in [6, 6.07) is 4.85. The molecule has 1 aromatic carbocycles. The number of ether oxygens (including phenoxy) is 1. The standard InChI is InChI=1S/C19H18FN5O4/c1-29-17-14(23-7-9-24(10-8-23)19-21-5-2-6-22-19)4-3-12-15(17)25(20)11-13(16(12)26)18(27)28/h2-6,11H,7-10H2,1H3,(H,27,28). The average molecular weight is 399 g/mol. The summed E-state index contributed by atoms with van der Waals surface area (Å²) in [6.45, 7) is 2.55. The van der Waals surface area contributed by atoms with Gasteiger partial charge in [-0.2, -0.15) is 4.79 Å². The lowest BCUT2D eigenvalue weighted by atomic mass is 10.1. The van der Waals surface area contributed by atoms with Crippen LogP contribution in [-0.2, 0) is 0 Å². The van der Waals surface area contributed by atoms with E-state index in [4.69, 9.17) is 9.84 Å². The molecule has 4 rings (SSSR count). The molecule has 1 saturated heterocycles. The molecule has 0 aliphatic carbocycles. The third-order valence-electron chi connectivity index (χ3n) is 4.95. The van der Waals surface area contributed by atoms with Gasteiger partial charge in [0.25, 0.3) is 0 Å². The van der Waals surface area contributed by atoms with Crippen molar-refractivity contribution < 1.29 is 19.1 Å². The number of nitrogens with zero attached hydrogens (tertiary/aromatic N) is 5. The average Bonchev–Trinajstić information content (AvgIpc) is 2.75. The third kappa shape index (κ3) is 3.22. The molecule has 0 spiro atoms. The number of pyridine rings is 1. The number of benzene rings is 1. The molecule has 0 unspecified atom stereocenters. The van der Waals surface area contributed by atoms with E-state index in [1.807, 2.05) is 9.80 Å². The predicted molar refractivity (Wildman–Crippen MR) is 105 cm³/mol. The molecule has 0 saturated carbocycles. The van der Waals surface area contributed by atoms with Gasteiger partial charge in [0, 0.05) is 38.6 Å². The van der Waals surface area contributed by atoms with Crippen LogP contribution < -0.4 is 20.0 Å². The van der Waals surface area contributed by atoms with Crippen LogP contribution in [0.2, 0.25) is 0 Å². The molecule has 150 valence electrons. The summed E-state index contributed by atoms with van der Waals surface area (Å²) in [4.78, 5) is 36.3. The predicted octanol–water partition coefficient (Wildman–Crippen LogP) is 1.56. The summed E-state index contributed by atoms with van der Waals surface area (Å²) in [5, 5.41) is 9.07. The van der Waals surface area contributed by atoms with Gasteiger partial charge in [0.05, 0.1) is 24.4 Å². The minimum absolute atomic E-state index is 0.0516. The van der Waals surface area contributed by atoms with E-state index in [1.165, 1.54) is 13.2 Å². The van der Waals surface area contributed by atoms with Gasteiger partial charge in [0.1, 0.15) is 11.1 Å². The van der Waals surface area contributed by atoms with Gasteiger partial charge in [0.2, 0.25) is 11.4 Å². The number of fused-ring (bicyclic) bond motifs is 1. The van der Waals surface area contributed by atoms with Crippen LogP contribution >= 0.6 is 0 Å². The molecule has 9 nitrogen and oxygen atoms in total. The second kappa shape index (κ2) is 7.38. The van der Waals surface area contributed by atoms with Crippen molar-refractivity contribution in [1.82, 2.24) is 14.8 Å². The Balaban J connectivity index is 1.70. The summed E-state index contributed by atoms with van der Waals surface area (Å²) in [5.41, 5.74) is -0.847. The van der Waals surface area contributed by atoms with Gasteiger partial charge in [-0.25, -0.2) is 14.8 Å². The fourth-order valence-corrected chi connectivity index (χ4v) is 3.54. The van der Waals surface area contributed by atoms with Gasteiger partial charge in [-0.05, 0) is 18.2 Å². The van der Waals surface area contributed by atoms with Gasteiger partial charge in [-0.15, -0.1) is 0 Å². The smallest absolute Gasteiger partial charge is 0.341 e. The largest absolute Gasteiger partial charge is 0.492 e. The van der Waals surface area contributed by atoms with E-state index in [0.717, 1.165) is 0 Å². The van der Waals surface area contributed by atoms with Crippen molar-refractivity contribution in [3.8, 4) is 5.75 Å². The number of aromatic nitrogens is 3. The number of aromatic carboxylic acids is 1. The van der Waals surface area contributed by atoms with E-state index in [2.05, 4.69) is 9.97 Å². The van der Waals surface area contributed by atoms with Gasteiger partial charge < -0.3 is 19.6 Å². The number of methoxy groups -OCH3 is 1. The number of hydrogen-bond donors (Lipinski definition) is 1. The fourth-order valence-electron chi connectivity index (χ4n) is 3.54. The highest BCUT2D eigenvalue weighted by Gasteiger charge is 2.25. The Morgan fingerprint density at radius 1 is 1.14 bits per heavy atom. The molecule has 29 heavy (non-hydrogen) atoms. The molecule has 0 atom stereocenters. The van der Waals surface area contributed by atoms with E-state index in [0.29, 0.717) is 44.0 Å². The highest BCUT2D eigenvalue weighted by molar-refractivity contribution is 5.96. The monoisotopic (exact) mass is 399 g/mol. The van der Waals surface area contributed by atoms with Crippen molar-refractivity contribution in [2.45, 2.75) is 0 Å². The molecular weight excluding hydrogens is 381 g/mol. The Labute approximate surface area is 164 Å². The Morgan fingerprint density at radius 3 is 2.41 bits per heavy atom. The number of anilines is 2. The minimum Gasteiger partial charge on any atom is -0.492 e. The number of rotatable bonds is 4. The highest BCUT2D eigenvalue weighted by Crippen LogP contribution is 2.36. The molecule has 1 aliphatic heterocycles. The first-order chi connectivity index (χ1) is 14.0. The van der Waals surface area contributed by atoms with Crippen molar-refractivity contribution in [2.75, 3.05) is 43.1 Å². The topological polar surface area (TPSA) is 101 Å². The second-order valence-electron chi connectivity index (χ2n) is 6.53. The van der Waals surface area contributed by atoms with Crippen LogP contribution in [0.4, 0.5) is 16.1 Å². The zero-order chi connectivity index (χ0) is 20.5. The Morgan fingerprint density at radius 2 is 1.79 bits per heavy atom. The fraction of sp³-hybridized carbons (Fsp3) is 0.263. The van der Waals surface area contributed by atoms with Crippen LogP contribution in [0.15, 0.2) is 41.6 Å². The van der Waals surface area contributed by atoms with Gasteiger partial charge in [-0.3, -0.25) is 4.79 Å². The number of piperazine rings is 1. The van der Waals surface area contributed by atoms with Gasteiger partial charge in [0.15, 0.2) is 5.75 Å². The molecule has 1 aliphatic rings. The molecule has 10 heteroatoms. The van der Waals surface area contributed by atoms with Gasteiger partial charge in [-0.1, -0.05) is 4.48 Å². The van der Waals surface area contributed by atoms with Crippen LogP contribution in [0.5, 0.6) is 5.75 Å². The molecule has 1 N–H and O–H groups in total. The maximum atomic E-state index is 14.7. The Bertz CT molecular complexity index is 1130. The second-order valence-corrected chi connectivity index (χ2v) is 6.53. The molecular formula is C19H18FN5O4. The zero-order valence-corrected chi connectivity index (χ0v) is 15.6. The van der Waals surface area contributed by atoms with Crippen molar-refractivity contribution in [1.29, 1.82) is 0 Å². The lowest BCUT2D eigenvalue weighted by Gasteiger charge is -2.36. The SMILES string of the molecule is COc1c(N2CCN(c3ncccn3)CC2)ccc2c(=O)c(C(=O)O)cn(F)c12. The van der Waals surface area contributed by atoms with E-state index >= 15 is 0 Å². The lowest BCUT2D eigenvalue weighted by molar-refractivity contribution is 0.0693. The number of hydrogen-bond acceptors (Lipinski definition) is 7. The maximum absolute atomic E-state index is 14.7. The van der Waals surface area contributed by atoms with Crippen LogP contribution in [0.3, 0.4) is 0 Å². The first-order valence-corrected chi connectivity index (χ1v) is 8.94. The van der Waals surface area contributed by atoms with E-state index in [9.17, 15) is 14.1 Å². The van der Waals surface area contributed by atoms with Crippen molar-refractivity contribution >= 4 is 28.5 Å². The normalized spacial score (nSPS) is 14.3. The number of carboxylic acid groups (broad SMARTS) is 1. The first-order valence-electron chi connectivity index (χ1n) is 8.94. The van der Waals surface area contributed by atoms with Crippen LogP contribution in [0.25, 0.3) is 10.9 Å². The summed E-state index contributed by atoms with van der Waals surface area (Å²) in [6.07, 6.45) is 4.05. The molecule has 3 aromatic rings. The van der Waals surface area contributed by atoms with E-state index in [-0.39, 0.29) is 21.4 Å².